The molecule has 104 valence electrons. The van der Waals surface area contributed by atoms with E-state index >= 15 is 0 Å². The third-order valence-electron chi connectivity index (χ3n) is 2.63. The monoisotopic (exact) mass is 267 g/mol. The van der Waals surface area contributed by atoms with E-state index in [1.165, 1.54) is 13.1 Å². The van der Waals surface area contributed by atoms with Gasteiger partial charge in [-0.25, -0.2) is 4.79 Å². The van der Waals surface area contributed by atoms with Gasteiger partial charge in [0, 0.05) is 12.3 Å². The lowest BCUT2D eigenvalue weighted by molar-refractivity contribution is -0.128. The molecule has 0 aliphatic heterocycles. The minimum absolute atomic E-state index is 0.0336. The molecule has 1 atom stereocenters. The maximum Gasteiger partial charge on any atom is 0.328 e. The Bertz CT molecular complexity index is 585. The summed E-state index contributed by atoms with van der Waals surface area (Å²) >= 11 is 0. The number of nitrogens with one attached hydrogen (secondary N) is 2. The van der Waals surface area contributed by atoms with E-state index in [2.05, 4.69) is 5.32 Å². The minimum Gasteiger partial charge on any atom is -0.344 e. The topological polar surface area (TPSA) is 101 Å². The average Bonchev–Trinajstić information content (AvgIpc) is 2.29. The maximum absolute atomic E-state index is 11.8. The average molecular weight is 267 g/mol. The van der Waals surface area contributed by atoms with Crippen LogP contribution in [0.5, 0.6) is 0 Å². The van der Waals surface area contributed by atoms with E-state index in [1.54, 1.807) is 0 Å². The van der Waals surface area contributed by atoms with Crippen molar-refractivity contribution in [2.24, 2.45) is 5.92 Å². The second-order valence-corrected chi connectivity index (χ2v) is 4.64. The molecule has 0 aliphatic rings. The van der Waals surface area contributed by atoms with Gasteiger partial charge >= 0.3 is 5.69 Å². The Labute approximate surface area is 109 Å². The molecule has 1 heterocycles. The molecule has 2 N–H and O–H groups in total. The second-order valence-electron chi connectivity index (χ2n) is 4.64. The van der Waals surface area contributed by atoms with Crippen molar-refractivity contribution in [1.82, 2.24) is 14.9 Å². The Kier molecular flexibility index (Phi) is 4.80. The van der Waals surface area contributed by atoms with E-state index in [0.29, 0.717) is 0 Å². The van der Waals surface area contributed by atoms with Crippen LogP contribution >= 0.6 is 0 Å². The van der Waals surface area contributed by atoms with Gasteiger partial charge < -0.3 is 5.32 Å². The molecule has 0 bridgehead atoms. The third-order valence-corrected chi connectivity index (χ3v) is 2.63. The molecule has 1 aromatic heterocycles. The highest BCUT2D eigenvalue weighted by Gasteiger charge is 2.20. The van der Waals surface area contributed by atoms with Crippen molar-refractivity contribution in [2.75, 3.05) is 0 Å². The number of nitrogens with zero attached hydrogens (tertiary/aromatic N) is 1. The van der Waals surface area contributed by atoms with Gasteiger partial charge in [-0.2, -0.15) is 0 Å². The number of aromatic nitrogens is 2. The van der Waals surface area contributed by atoms with E-state index < -0.39 is 23.2 Å². The number of aromatic amines is 1. The van der Waals surface area contributed by atoms with Gasteiger partial charge in [0.15, 0.2) is 5.78 Å². The Morgan fingerprint density at radius 1 is 1.37 bits per heavy atom. The summed E-state index contributed by atoms with van der Waals surface area (Å²) in [6.45, 7) is 4.79. The molecule has 1 rings (SSSR count). The zero-order chi connectivity index (χ0) is 14.6. The first kappa shape index (κ1) is 14.9. The van der Waals surface area contributed by atoms with Crippen LogP contribution in [0.25, 0.3) is 0 Å². The highest BCUT2D eigenvalue weighted by Crippen LogP contribution is 2.02. The number of hydrogen-bond acceptors (Lipinski definition) is 4. The van der Waals surface area contributed by atoms with Crippen molar-refractivity contribution in [2.45, 2.75) is 33.4 Å². The van der Waals surface area contributed by atoms with E-state index in [1.807, 2.05) is 18.8 Å². The molecule has 1 aromatic rings. The van der Waals surface area contributed by atoms with Gasteiger partial charge in [0.25, 0.3) is 5.56 Å². The van der Waals surface area contributed by atoms with Gasteiger partial charge in [-0.05, 0) is 12.8 Å². The van der Waals surface area contributed by atoms with E-state index in [0.717, 1.165) is 10.6 Å². The van der Waals surface area contributed by atoms with Crippen molar-refractivity contribution >= 4 is 11.7 Å². The molecule has 0 aromatic carbocycles. The number of rotatable bonds is 5. The molecule has 7 nitrogen and oxygen atoms in total. The number of ketones is 1. The highest BCUT2D eigenvalue weighted by molar-refractivity contribution is 5.87. The first-order valence-corrected chi connectivity index (χ1v) is 5.91. The Hall–Kier alpha value is -2.18. The van der Waals surface area contributed by atoms with Crippen LogP contribution in [0.1, 0.15) is 20.8 Å². The summed E-state index contributed by atoms with van der Waals surface area (Å²) in [5, 5.41) is 2.57. The molecule has 0 radical (unpaired) electrons. The lowest BCUT2D eigenvalue weighted by atomic mass is 10.0. The number of carbonyl (C=O) groups excluding carboxylic acids is 2. The van der Waals surface area contributed by atoms with Gasteiger partial charge in [0.2, 0.25) is 5.91 Å². The number of hydrogen-bond donors (Lipinski definition) is 2. The fraction of sp³-hybridized carbons (Fsp3) is 0.500. The largest absolute Gasteiger partial charge is 0.344 e. The van der Waals surface area contributed by atoms with Gasteiger partial charge in [-0.1, -0.05) is 13.8 Å². The first-order valence-electron chi connectivity index (χ1n) is 5.91. The fourth-order valence-corrected chi connectivity index (χ4v) is 1.68. The predicted octanol–water partition coefficient (Wildman–Crippen LogP) is -0.734. The smallest absolute Gasteiger partial charge is 0.328 e. The van der Waals surface area contributed by atoms with Crippen LogP contribution in [-0.2, 0) is 16.1 Å². The van der Waals surface area contributed by atoms with Crippen LogP contribution in [0.3, 0.4) is 0 Å². The molecule has 0 fully saturated rings. The third kappa shape index (κ3) is 4.20. The Balaban J connectivity index is 2.77. The lowest BCUT2D eigenvalue weighted by Gasteiger charge is -2.19. The van der Waals surface area contributed by atoms with Gasteiger partial charge in [-0.15, -0.1) is 0 Å². The number of Topliss-reactive ketones (excluding diaryl/α,β-unsaturated/α-hetero) is 1. The van der Waals surface area contributed by atoms with Crippen LogP contribution in [0.4, 0.5) is 0 Å². The quantitative estimate of drug-likeness (QED) is 0.734. The summed E-state index contributed by atoms with van der Waals surface area (Å²) < 4.78 is 1.06. The van der Waals surface area contributed by atoms with Gasteiger partial charge in [-0.3, -0.25) is 23.9 Å². The van der Waals surface area contributed by atoms with Crippen LogP contribution in [-0.4, -0.2) is 27.3 Å². The zero-order valence-electron chi connectivity index (χ0n) is 11.1. The van der Waals surface area contributed by atoms with Crippen molar-refractivity contribution in [1.29, 1.82) is 0 Å². The summed E-state index contributed by atoms with van der Waals surface area (Å²) in [6, 6.07) is 0.575. The summed E-state index contributed by atoms with van der Waals surface area (Å²) in [7, 11) is 0. The van der Waals surface area contributed by atoms with Crippen LogP contribution < -0.4 is 16.6 Å². The minimum atomic E-state index is -0.661. The second kappa shape index (κ2) is 6.12. The van der Waals surface area contributed by atoms with Gasteiger partial charge in [0.05, 0.1) is 6.04 Å². The van der Waals surface area contributed by atoms with Crippen LogP contribution in [0.15, 0.2) is 21.9 Å². The standard InChI is InChI=1S/C12H17N3O4/c1-7(2)11(8(3)16)13-10(18)6-15-5-4-9(17)14-12(15)19/h4-5,7,11H,6H2,1-3H3,(H,13,18)(H,14,17,19). The molecule has 0 saturated heterocycles. The number of carbonyl (C=O) groups is 2. The molecule has 0 spiro atoms. The van der Waals surface area contributed by atoms with Crippen molar-refractivity contribution in [3.05, 3.63) is 33.1 Å². The summed E-state index contributed by atoms with van der Waals surface area (Å²) in [4.78, 5) is 47.4. The summed E-state index contributed by atoms with van der Waals surface area (Å²) in [5.41, 5.74) is -1.18. The van der Waals surface area contributed by atoms with Crippen molar-refractivity contribution in [3.8, 4) is 0 Å². The molecule has 1 amide bonds. The molecular weight excluding hydrogens is 250 g/mol. The molecular formula is C12H17N3O4. The highest BCUT2D eigenvalue weighted by atomic mass is 16.2. The zero-order valence-corrected chi connectivity index (χ0v) is 11.1. The first-order chi connectivity index (χ1) is 8.81. The molecule has 19 heavy (non-hydrogen) atoms. The summed E-state index contributed by atoms with van der Waals surface area (Å²) in [6.07, 6.45) is 1.24. The lowest BCUT2D eigenvalue weighted by Crippen LogP contribution is -2.45. The SMILES string of the molecule is CC(=O)C(NC(=O)Cn1ccc(=O)[nH]c1=O)C(C)C. The summed E-state index contributed by atoms with van der Waals surface area (Å²) in [5.74, 6) is -0.631. The van der Waals surface area contributed by atoms with Crippen molar-refractivity contribution in [3.63, 3.8) is 0 Å². The molecule has 1 unspecified atom stereocenters. The predicted molar refractivity (Wildman–Crippen MR) is 68.8 cm³/mol. The fourth-order valence-electron chi connectivity index (χ4n) is 1.68. The van der Waals surface area contributed by atoms with Gasteiger partial charge in [0.1, 0.15) is 6.54 Å². The normalized spacial score (nSPS) is 12.2. The molecule has 0 aliphatic carbocycles. The van der Waals surface area contributed by atoms with Crippen LogP contribution in [0, 0.1) is 5.92 Å². The number of amides is 1. The number of H-pyrrole nitrogens is 1. The Morgan fingerprint density at radius 2 is 2.00 bits per heavy atom. The maximum atomic E-state index is 11.8. The molecule has 7 heteroatoms. The van der Waals surface area contributed by atoms with E-state index in [-0.39, 0.29) is 18.2 Å². The Morgan fingerprint density at radius 3 is 2.47 bits per heavy atom. The molecule has 0 saturated carbocycles. The van der Waals surface area contributed by atoms with Crippen LogP contribution in [0.2, 0.25) is 0 Å². The van der Waals surface area contributed by atoms with Crippen molar-refractivity contribution < 1.29 is 9.59 Å². The van der Waals surface area contributed by atoms with E-state index in [9.17, 15) is 19.2 Å². The van der Waals surface area contributed by atoms with E-state index in [4.69, 9.17) is 0 Å².